The van der Waals surface area contributed by atoms with E-state index < -0.39 is 35.2 Å². The molecule has 0 saturated carbocycles. The van der Waals surface area contributed by atoms with Gasteiger partial charge in [0, 0.05) is 38.4 Å². The van der Waals surface area contributed by atoms with Crippen molar-refractivity contribution in [2.45, 2.75) is 103 Å². The van der Waals surface area contributed by atoms with Gasteiger partial charge >= 0.3 is 102 Å². The Hall–Kier alpha value is 2.64. The molecule has 0 aliphatic carbocycles. The van der Waals surface area contributed by atoms with Gasteiger partial charge < -0.3 is 35.1 Å². The third kappa shape index (κ3) is 12.8. The summed E-state index contributed by atoms with van der Waals surface area (Å²) in [5, 5.41) is 0. The molecule has 0 aromatic rings. The first-order valence-corrected chi connectivity index (χ1v) is 24.1. The van der Waals surface area contributed by atoms with Crippen molar-refractivity contribution in [3.8, 4) is 0 Å². The summed E-state index contributed by atoms with van der Waals surface area (Å²) in [6.07, 6.45) is 7.89. The van der Waals surface area contributed by atoms with E-state index in [1.165, 1.54) is 0 Å². The van der Waals surface area contributed by atoms with Crippen molar-refractivity contribution < 1.29 is 35.1 Å². The minimum absolute atomic E-state index is 0.475. The molecule has 9 nitrogen and oxygen atoms in total. The van der Waals surface area contributed by atoms with Gasteiger partial charge in [-0.25, -0.2) is 0 Å². The third-order valence-corrected chi connectivity index (χ3v) is 28.7. The summed E-state index contributed by atoms with van der Waals surface area (Å²) in [7, 11) is -8.95. The first-order chi connectivity index (χ1) is 16.7. The number of hydrogen-bond acceptors (Lipinski definition) is 9. The normalized spacial score (nSPS) is 18.9. The van der Waals surface area contributed by atoms with Crippen LogP contribution in [0.4, 0.5) is 0 Å². The van der Waals surface area contributed by atoms with Gasteiger partial charge in [-0.05, 0) is 25.7 Å². The second-order valence-electron chi connectivity index (χ2n) is 8.68. The zero-order valence-corrected chi connectivity index (χ0v) is 36.2. The highest BCUT2D eigenvalue weighted by Gasteiger charge is 2.58. The molecule has 4 atom stereocenters. The van der Waals surface area contributed by atoms with Crippen LogP contribution in [0.25, 0.3) is 0 Å². The summed E-state index contributed by atoms with van der Waals surface area (Å²) in [6, 6.07) is 2.88. The summed E-state index contributed by atoms with van der Waals surface area (Å²) in [5.74, 6) is 0. The lowest BCUT2D eigenvalue weighted by atomic mass is 10.4. The van der Waals surface area contributed by atoms with E-state index in [9.17, 15) is 0 Å². The van der Waals surface area contributed by atoms with E-state index in [-0.39, 0.29) is 0 Å². The Morgan fingerprint density at radius 2 is 0.657 bits per heavy atom. The van der Waals surface area contributed by atoms with Crippen molar-refractivity contribution in [2.75, 3.05) is 14.2 Å². The fourth-order valence-corrected chi connectivity index (χ4v) is 28.3. The molecule has 0 N–H and O–H groups in total. The average molecular weight is 631 g/mol. The molecule has 35 heavy (non-hydrogen) atoms. The lowest BCUT2D eigenvalue weighted by Crippen LogP contribution is -2.66. The van der Waals surface area contributed by atoms with Gasteiger partial charge in [0.25, 0.3) is 0 Å². The Morgan fingerprint density at radius 1 is 0.429 bits per heavy atom. The van der Waals surface area contributed by atoms with E-state index >= 15 is 0 Å². The van der Waals surface area contributed by atoms with Crippen molar-refractivity contribution in [3.63, 3.8) is 0 Å². The Morgan fingerprint density at radius 3 is 0.857 bits per heavy atom. The molecule has 0 rings (SSSR count). The molecule has 0 saturated heterocycles. The fourth-order valence-electron chi connectivity index (χ4n) is 3.74. The summed E-state index contributed by atoms with van der Waals surface area (Å²) in [6.45, 7) is 8.65. The third-order valence-electron chi connectivity index (χ3n) is 6.15. The van der Waals surface area contributed by atoms with Crippen LogP contribution in [-0.4, -0.2) is 116 Å². The molecule has 4 unspecified atom stereocenters. The molecule has 0 aliphatic rings. The van der Waals surface area contributed by atoms with Gasteiger partial charge in [-0.1, -0.05) is 53.4 Å². The Labute approximate surface area is 252 Å². The smallest absolute Gasteiger partial charge is 0.463 e. The molecule has 0 amide bonds. The van der Waals surface area contributed by atoms with Crippen LogP contribution in [0.3, 0.4) is 0 Å². The van der Waals surface area contributed by atoms with Crippen LogP contribution >= 0.6 is 0 Å². The predicted octanol–water partition coefficient (Wildman–Crippen LogP) is 1.54. The highest BCUT2D eigenvalue weighted by atomic mass is 28.5. The maximum Gasteiger partial charge on any atom is 0.463 e. The quantitative estimate of drug-likeness (QED) is 0.148. The van der Waals surface area contributed by atoms with Gasteiger partial charge in [-0.2, -0.15) is 0 Å². The van der Waals surface area contributed by atoms with Crippen molar-refractivity contribution in [1.29, 1.82) is 0 Å². The molecule has 0 heterocycles. The predicted molar refractivity (Wildman–Crippen MR) is 158 cm³/mol. The standard InChI is InChI=1S/C18H42O9Si4.4Al.8H/c1-7-11-15-28(19,23-5)25-30(21,17-13-9-3)27-31(22,18-14-10-4)26-29(20,24-6)16-12-8-2;;;;;;;;;;;;/h7-18H2,1-6H3;;;;;;;;;;;;/q-4;4*+1;;;;;;;;. The highest BCUT2D eigenvalue weighted by molar-refractivity contribution is 6.86. The van der Waals surface area contributed by atoms with Gasteiger partial charge in [0.2, 0.25) is 0 Å². The van der Waals surface area contributed by atoms with Gasteiger partial charge in [0.05, 0.1) is 0 Å². The zero-order valence-electron chi connectivity index (χ0n) is 24.2. The Kier molecular flexibility index (Phi) is 22.0. The molecular formula is C18H50Al4O9Si4. The first kappa shape index (κ1) is 37.6. The second-order valence-corrected chi connectivity index (χ2v) is 25.9. The van der Waals surface area contributed by atoms with Crippen LogP contribution in [0.15, 0.2) is 0 Å². The lowest BCUT2D eigenvalue weighted by Gasteiger charge is -2.45. The molecule has 0 aliphatic heterocycles. The zero-order chi connectivity index (χ0) is 26.8. The maximum absolute atomic E-state index is 7.05. The Balaban J connectivity index is 6.48. The van der Waals surface area contributed by atoms with E-state index in [1.54, 1.807) is 14.2 Å². The van der Waals surface area contributed by atoms with Crippen molar-refractivity contribution in [2.24, 2.45) is 0 Å². The van der Waals surface area contributed by atoms with E-state index in [1.807, 2.05) is 0 Å². The molecule has 204 valence electrons. The van der Waals surface area contributed by atoms with Crippen molar-refractivity contribution >= 4 is 102 Å². The van der Waals surface area contributed by atoms with E-state index in [4.69, 9.17) is 35.1 Å². The topological polar surface area (TPSA) is 83.1 Å². The Bertz CT molecular complexity index is 498. The minimum atomic E-state index is -3.23. The van der Waals surface area contributed by atoms with Crippen molar-refractivity contribution in [1.82, 2.24) is 0 Å². The fraction of sp³-hybridized carbons (Fsp3) is 1.00. The average Bonchev–Trinajstić information content (AvgIpc) is 2.90. The molecule has 17 heteroatoms. The first-order valence-electron chi connectivity index (χ1n) is 13.1. The summed E-state index contributed by atoms with van der Waals surface area (Å²) in [4.78, 5) is 0. The molecular weight excluding hydrogens is 580 g/mol. The SMILES string of the molecule is CCCC[Si](OC)([O][AlH2])O[Si](CCCC)([O][AlH2])O[Si](CCCC)([O][AlH2])O[Si](CCCC)(OC)[O][AlH2]. The summed E-state index contributed by atoms with van der Waals surface area (Å²) >= 11 is 2.00. The van der Waals surface area contributed by atoms with Crippen LogP contribution in [0.2, 0.25) is 24.2 Å². The molecule has 0 aromatic heterocycles. The largest absolute Gasteiger partial charge is 0.510 e. The van der Waals surface area contributed by atoms with Crippen LogP contribution in [0.5, 0.6) is 0 Å². The van der Waals surface area contributed by atoms with E-state index in [0.717, 1.165) is 63.5 Å². The lowest BCUT2D eigenvalue weighted by molar-refractivity contribution is 0.110. The van der Waals surface area contributed by atoms with Crippen LogP contribution in [0.1, 0.15) is 79.1 Å². The van der Waals surface area contributed by atoms with Gasteiger partial charge in [-0.3, -0.25) is 0 Å². The minimum Gasteiger partial charge on any atom is -0.510 e. The number of unbranched alkanes of at least 4 members (excludes halogenated alkanes) is 4. The molecule has 0 bridgehead atoms. The van der Waals surface area contributed by atoms with Gasteiger partial charge in [0.15, 0.2) is 0 Å². The molecule has 0 spiro atoms. The molecule has 0 fully saturated rings. The highest BCUT2D eigenvalue weighted by Crippen LogP contribution is 2.35. The van der Waals surface area contributed by atoms with E-state index in [2.05, 4.69) is 27.7 Å². The van der Waals surface area contributed by atoms with Gasteiger partial charge in [-0.15, -0.1) is 0 Å². The number of hydrogen-bond donors (Lipinski definition) is 0. The van der Waals surface area contributed by atoms with Crippen LogP contribution in [0, 0.1) is 0 Å². The van der Waals surface area contributed by atoms with E-state index in [0.29, 0.717) is 78.6 Å². The summed E-state index contributed by atoms with van der Waals surface area (Å²) < 4.78 is 57.6. The molecule has 0 aromatic carbocycles. The van der Waals surface area contributed by atoms with Crippen LogP contribution in [-0.2, 0) is 35.1 Å². The second kappa shape index (κ2) is 20.5. The number of rotatable bonds is 24. The van der Waals surface area contributed by atoms with Gasteiger partial charge in [0.1, 0.15) is 0 Å². The molecule has 0 radical (unpaired) electrons. The monoisotopic (exact) mass is 630 g/mol. The van der Waals surface area contributed by atoms with Crippen molar-refractivity contribution in [3.05, 3.63) is 0 Å². The van der Waals surface area contributed by atoms with Crippen LogP contribution < -0.4 is 0 Å². The maximum atomic E-state index is 7.05. The summed E-state index contributed by atoms with van der Waals surface area (Å²) in [5.41, 5.74) is 0.